The van der Waals surface area contributed by atoms with E-state index >= 15 is 0 Å². The van der Waals surface area contributed by atoms with Crippen LogP contribution in [0.25, 0.3) is 0 Å². The fourth-order valence-electron chi connectivity index (χ4n) is 0. The van der Waals surface area contributed by atoms with Gasteiger partial charge < -0.3 is 11.0 Å². The molecule has 0 spiro atoms. The summed E-state index contributed by atoms with van der Waals surface area (Å²) >= 11 is 0. The Hall–Kier alpha value is 0.869. The zero-order valence-corrected chi connectivity index (χ0v) is 4.26. The van der Waals surface area contributed by atoms with Gasteiger partial charge in [0.15, 0.2) is 0 Å². The van der Waals surface area contributed by atoms with E-state index in [4.69, 9.17) is 0 Å². The predicted molar refractivity (Wildman–Crippen MR) is 15.0 cm³/mol. The van der Waals surface area contributed by atoms with Gasteiger partial charge in [-0.15, -0.1) is 0 Å². The van der Waals surface area contributed by atoms with Crippen LogP contribution in [-0.4, -0.2) is 11.0 Å². The predicted octanol–water partition coefficient (Wildman–Crippen LogP) is -0.298. The second kappa shape index (κ2) is 42.1. The number of rotatable bonds is 0. The van der Waals surface area contributed by atoms with Gasteiger partial charge in [0, 0.05) is 0 Å². The molecular weight excluding hydrogens is 127 g/mol. The zero-order chi connectivity index (χ0) is 0. The first kappa shape index (κ1) is 96.4. The molecular formula is H5CuO2P. The van der Waals surface area contributed by atoms with Crippen LogP contribution in [0.15, 0.2) is 0 Å². The van der Waals surface area contributed by atoms with Gasteiger partial charge in [-0.25, -0.2) is 0 Å². The van der Waals surface area contributed by atoms with Gasteiger partial charge >= 0.3 is 17.1 Å². The normalized spacial score (nSPS) is 0. The summed E-state index contributed by atoms with van der Waals surface area (Å²) in [6, 6.07) is 0. The SMILES string of the molecule is P.[Cu+2].[OH-].[OH-]. The van der Waals surface area contributed by atoms with E-state index in [-0.39, 0.29) is 37.9 Å². The summed E-state index contributed by atoms with van der Waals surface area (Å²) in [4.78, 5) is 0. The van der Waals surface area contributed by atoms with Crippen molar-refractivity contribution < 1.29 is 28.0 Å². The third-order valence-corrected chi connectivity index (χ3v) is 0. The Bertz CT molecular complexity index is 6.00. The van der Waals surface area contributed by atoms with E-state index in [9.17, 15) is 0 Å². The van der Waals surface area contributed by atoms with Crippen LogP contribution in [0.1, 0.15) is 0 Å². The van der Waals surface area contributed by atoms with Gasteiger partial charge in [0.1, 0.15) is 0 Å². The number of hydrogen-bond acceptors (Lipinski definition) is 2. The molecule has 0 aromatic carbocycles. The molecule has 0 amide bonds. The van der Waals surface area contributed by atoms with E-state index < -0.39 is 0 Å². The second-order valence-electron chi connectivity index (χ2n) is 0. The topological polar surface area (TPSA) is 60.0 Å². The molecule has 0 aromatic heterocycles. The van der Waals surface area contributed by atoms with Crippen molar-refractivity contribution in [3.63, 3.8) is 0 Å². The Morgan fingerprint density at radius 3 is 0.750 bits per heavy atom. The molecule has 1 unspecified atom stereocenters. The third-order valence-electron chi connectivity index (χ3n) is 0. The Balaban J connectivity index is 0. The van der Waals surface area contributed by atoms with Crippen LogP contribution in [0.2, 0.25) is 0 Å². The first-order chi connectivity index (χ1) is 0. The minimum Gasteiger partial charge on any atom is -0.870 e. The Kier molecular flexibility index (Phi) is 1020. The van der Waals surface area contributed by atoms with Gasteiger partial charge in [-0.1, -0.05) is 0 Å². The van der Waals surface area contributed by atoms with Crippen molar-refractivity contribution in [2.24, 2.45) is 0 Å². The van der Waals surface area contributed by atoms with E-state index in [1.807, 2.05) is 0 Å². The molecule has 33 valence electrons. The molecule has 4 heavy (non-hydrogen) atoms. The van der Waals surface area contributed by atoms with Crippen molar-refractivity contribution in [2.45, 2.75) is 0 Å². The molecule has 0 aromatic rings. The van der Waals surface area contributed by atoms with E-state index in [0.717, 1.165) is 0 Å². The molecule has 0 aliphatic heterocycles. The monoisotopic (exact) mass is 131 g/mol. The van der Waals surface area contributed by atoms with Gasteiger partial charge in [-0.2, -0.15) is 9.90 Å². The fourth-order valence-corrected chi connectivity index (χ4v) is 0. The molecule has 2 N–H and O–H groups in total. The molecule has 0 aliphatic rings. The quantitative estimate of drug-likeness (QED) is 0.335. The molecule has 0 heterocycles. The van der Waals surface area contributed by atoms with Crippen molar-refractivity contribution in [3.05, 3.63) is 0 Å². The van der Waals surface area contributed by atoms with Gasteiger partial charge in [-0.05, 0) is 0 Å². The van der Waals surface area contributed by atoms with Crippen molar-refractivity contribution in [1.29, 1.82) is 0 Å². The van der Waals surface area contributed by atoms with E-state index in [2.05, 4.69) is 0 Å². The molecule has 1 radical (unpaired) electrons. The van der Waals surface area contributed by atoms with Gasteiger partial charge in [0.25, 0.3) is 0 Å². The van der Waals surface area contributed by atoms with Gasteiger partial charge in [0.2, 0.25) is 0 Å². The van der Waals surface area contributed by atoms with Crippen LogP contribution >= 0.6 is 9.90 Å². The van der Waals surface area contributed by atoms with Crippen LogP contribution in [-0.2, 0) is 17.1 Å². The maximum absolute atomic E-state index is 0. The molecule has 0 fully saturated rings. The molecule has 4 heteroatoms. The summed E-state index contributed by atoms with van der Waals surface area (Å²) in [5, 5.41) is 0. The van der Waals surface area contributed by atoms with Crippen molar-refractivity contribution in [3.8, 4) is 0 Å². The average Bonchev–Trinajstić information content (AvgIpc) is 0. The molecule has 0 saturated carbocycles. The van der Waals surface area contributed by atoms with Gasteiger partial charge in [-0.3, -0.25) is 0 Å². The summed E-state index contributed by atoms with van der Waals surface area (Å²) < 4.78 is 0. The van der Waals surface area contributed by atoms with Crippen LogP contribution in [0.4, 0.5) is 0 Å². The summed E-state index contributed by atoms with van der Waals surface area (Å²) in [6.45, 7) is 0. The van der Waals surface area contributed by atoms with Crippen molar-refractivity contribution in [2.75, 3.05) is 0 Å². The minimum atomic E-state index is 0. The average molecular weight is 132 g/mol. The second-order valence-corrected chi connectivity index (χ2v) is 0. The van der Waals surface area contributed by atoms with Crippen LogP contribution in [0.5, 0.6) is 0 Å². The standard InChI is InChI=1S/Cu.2H2O.H3P/h;2*1H2;1H3/q+2;;;/p-2. The first-order valence-corrected chi connectivity index (χ1v) is 0. The Morgan fingerprint density at radius 1 is 0.750 bits per heavy atom. The molecule has 0 rings (SSSR count). The van der Waals surface area contributed by atoms with E-state index in [1.165, 1.54) is 0 Å². The summed E-state index contributed by atoms with van der Waals surface area (Å²) in [5.41, 5.74) is 0. The number of hydrogen-bond donors (Lipinski definition) is 0. The van der Waals surface area contributed by atoms with Gasteiger partial charge in [0.05, 0.1) is 0 Å². The molecule has 2 nitrogen and oxygen atoms in total. The molecule has 0 aliphatic carbocycles. The fraction of sp³-hybridized carbons (Fsp3) is 0. The van der Waals surface area contributed by atoms with Crippen molar-refractivity contribution in [1.82, 2.24) is 0 Å². The molecule has 1 atom stereocenters. The summed E-state index contributed by atoms with van der Waals surface area (Å²) in [7, 11) is 0. The largest absolute Gasteiger partial charge is 2.00 e. The summed E-state index contributed by atoms with van der Waals surface area (Å²) in [5.74, 6) is 0. The van der Waals surface area contributed by atoms with Crippen LogP contribution in [0.3, 0.4) is 0 Å². The zero-order valence-electron chi connectivity index (χ0n) is 1.90. The van der Waals surface area contributed by atoms with Crippen LogP contribution in [0, 0.1) is 0 Å². The van der Waals surface area contributed by atoms with E-state index in [1.54, 1.807) is 0 Å². The van der Waals surface area contributed by atoms with Crippen molar-refractivity contribution >= 4 is 9.90 Å². The summed E-state index contributed by atoms with van der Waals surface area (Å²) in [6.07, 6.45) is 0. The maximum Gasteiger partial charge on any atom is 2.00 e. The molecule has 0 bridgehead atoms. The first-order valence-electron chi connectivity index (χ1n) is 0. The third kappa shape index (κ3) is 13.3. The maximum atomic E-state index is 0. The van der Waals surface area contributed by atoms with Crippen LogP contribution < -0.4 is 0 Å². The minimum absolute atomic E-state index is 0. The molecule has 0 saturated heterocycles. The Morgan fingerprint density at radius 2 is 0.750 bits per heavy atom. The smallest absolute Gasteiger partial charge is 0.870 e. The Labute approximate surface area is 38.7 Å². The van der Waals surface area contributed by atoms with E-state index in [0.29, 0.717) is 0 Å².